The van der Waals surface area contributed by atoms with Crippen molar-refractivity contribution in [3.63, 3.8) is 0 Å². The Labute approximate surface area is 141 Å². The minimum absolute atomic E-state index is 0.122. The summed E-state index contributed by atoms with van der Waals surface area (Å²) < 4.78 is 11.3. The molecule has 124 valence electrons. The van der Waals surface area contributed by atoms with Crippen LogP contribution in [0.15, 0.2) is 30.5 Å². The van der Waals surface area contributed by atoms with Crippen LogP contribution in [0, 0.1) is 0 Å². The minimum atomic E-state index is -0.560. The highest BCUT2D eigenvalue weighted by Crippen LogP contribution is 2.31. The topological polar surface area (TPSA) is 93.6 Å². The van der Waals surface area contributed by atoms with Crippen LogP contribution in [0.2, 0.25) is 0 Å². The molecule has 0 saturated heterocycles. The van der Waals surface area contributed by atoms with Gasteiger partial charge in [-0.2, -0.15) is 0 Å². The average molecular weight is 345 g/mol. The smallest absolute Gasteiger partial charge is 0.280 e. The predicted molar refractivity (Wildman–Crippen MR) is 91.2 cm³/mol. The zero-order valence-corrected chi connectivity index (χ0v) is 13.9. The molecule has 3 aromatic rings. The molecular weight excluding hydrogens is 330 g/mol. The van der Waals surface area contributed by atoms with Crippen molar-refractivity contribution in [1.82, 2.24) is 9.97 Å². The third-order valence-electron chi connectivity index (χ3n) is 3.21. The normalized spacial score (nSPS) is 10.6. The number of anilines is 1. The Morgan fingerprint density at radius 3 is 2.96 bits per heavy atom. The first kappa shape index (κ1) is 16.0. The SMILES string of the molecule is CCOc1ccc2nc(NC(=O)c3nccc(OC)c3O)sc2c1. The zero-order valence-electron chi connectivity index (χ0n) is 13.1. The van der Waals surface area contributed by atoms with Crippen molar-refractivity contribution in [3.05, 3.63) is 36.2 Å². The van der Waals surface area contributed by atoms with Gasteiger partial charge in [0.15, 0.2) is 22.3 Å². The van der Waals surface area contributed by atoms with Crippen LogP contribution in [0.3, 0.4) is 0 Å². The molecule has 0 saturated carbocycles. The lowest BCUT2D eigenvalue weighted by Crippen LogP contribution is -2.13. The number of aromatic hydroxyl groups is 1. The highest BCUT2D eigenvalue weighted by atomic mass is 32.1. The van der Waals surface area contributed by atoms with Crippen LogP contribution in [0.5, 0.6) is 17.2 Å². The summed E-state index contributed by atoms with van der Waals surface area (Å²) >= 11 is 1.31. The Bertz CT molecular complexity index is 894. The third kappa shape index (κ3) is 3.09. The van der Waals surface area contributed by atoms with E-state index in [1.54, 1.807) is 0 Å². The zero-order chi connectivity index (χ0) is 17.1. The fraction of sp³-hybridized carbons (Fsp3) is 0.188. The van der Waals surface area contributed by atoms with Crippen LogP contribution in [-0.2, 0) is 0 Å². The number of benzene rings is 1. The van der Waals surface area contributed by atoms with Crippen molar-refractivity contribution in [2.45, 2.75) is 6.92 Å². The van der Waals surface area contributed by atoms with Gasteiger partial charge in [0, 0.05) is 12.3 Å². The summed E-state index contributed by atoms with van der Waals surface area (Å²) in [6.07, 6.45) is 1.39. The molecule has 0 aliphatic heterocycles. The molecule has 0 atom stereocenters. The lowest BCUT2D eigenvalue weighted by Gasteiger charge is -2.06. The van der Waals surface area contributed by atoms with Crippen LogP contribution >= 0.6 is 11.3 Å². The highest BCUT2D eigenvalue weighted by molar-refractivity contribution is 7.22. The van der Waals surface area contributed by atoms with Crippen LogP contribution in [-0.4, -0.2) is 34.7 Å². The molecule has 0 aliphatic rings. The summed E-state index contributed by atoms with van der Waals surface area (Å²) in [6.45, 7) is 2.49. The fourth-order valence-corrected chi connectivity index (χ4v) is 3.03. The highest BCUT2D eigenvalue weighted by Gasteiger charge is 2.18. The van der Waals surface area contributed by atoms with Crippen LogP contribution in [0.4, 0.5) is 5.13 Å². The monoisotopic (exact) mass is 345 g/mol. The molecule has 0 unspecified atom stereocenters. The van der Waals surface area contributed by atoms with Gasteiger partial charge in [-0.25, -0.2) is 9.97 Å². The Kier molecular flexibility index (Phi) is 4.48. The van der Waals surface area contributed by atoms with Crippen molar-refractivity contribution in [2.24, 2.45) is 0 Å². The number of methoxy groups -OCH3 is 1. The predicted octanol–water partition coefficient (Wildman–Crippen LogP) is 3.06. The lowest BCUT2D eigenvalue weighted by molar-refractivity contribution is 0.101. The number of ether oxygens (including phenoxy) is 2. The number of thiazole rings is 1. The molecule has 8 heteroatoms. The first-order chi connectivity index (χ1) is 11.6. The van der Waals surface area contributed by atoms with Crippen molar-refractivity contribution < 1.29 is 19.4 Å². The van der Waals surface area contributed by atoms with Crippen molar-refractivity contribution >= 4 is 32.6 Å². The van der Waals surface area contributed by atoms with Gasteiger partial charge in [0.25, 0.3) is 5.91 Å². The molecule has 1 amide bonds. The van der Waals surface area contributed by atoms with Gasteiger partial charge < -0.3 is 14.6 Å². The number of carbonyl (C=O) groups is 1. The summed E-state index contributed by atoms with van der Waals surface area (Å²) in [5.41, 5.74) is 0.630. The van der Waals surface area contributed by atoms with Gasteiger partial charge in [-0.15, -0.1) is 0 Å². The third-order valence-corrected chi connectivity index (χ3v) is 4.15. The number of rotatable bonds is 5. The molecule has 24 heavy (non-hydrogen) atoms. The molecule has 2 heterocycles. The minimum Gasteiger partial charge on any atom is -0.503 e. The molecule has 0 radical (unpaired) electrons. The fourth-order valence-electron chi connectivity index (χ4n) is 2.14. The first-order valence-corrected chi connectivity index (χ1v) is 8.00. The van der Waals surface area contributed by atoms with E-state index in [9.17, 15) is 9.90 Å². The van der Waals surface area contributed by atoms with Gasteiger partial charge in [-0.05, 0) is 25.1 Å². The number of fused-ring (bicyclic) bond motifs is 1. The summed E-state index contributed by atoms with van der Waals surface area (Å²) in [5.74, 6) is 0.0622. The van der Waals surface area contributed by atoms with E-state index in [0.29, 0.717) is 11.7 Å². The van der Waals surface area contributed by atoms with E-state index >= 15 is 0 Å². The van der Waals surface area contributed by atoms with E-state index in [1.165, 1.54) is 30.7 Å². The number of nitrogens with one attached hydrogen (secondary N) is 1. The second kappa shape index (κ2) is 6.71. The average Bonchev–Trinajstić information content (AvgIpc) is 2.96. The van der Waals surface area contributed by atoms with Gasteiger partial charge in [0.1, 0.15) is 5.75 Å². The molecule has 7 nitrogen and oxygen atoms in total. The maximum atomic E-state index is 12.3. The number of aromatic nitrogens is 2. The van der Waals surface area contributed by atoms with Crippen molar-refractivity contribution in [3.8, 4) is 17.2 Å². The Morgan fingerprint density at radius 1 is 1.38 bits per heavy atom. The molecule has 0 fully saturated rings. The number of carbonyl (C=O) groups excluding carboxylic acids is 1. The van der Waals surface area contributed by atoms with Gasteiger partial charge in [0.05, 0.1) is 23.9 Å². The van der Waals surface area contributed by atoms with E-state index in [-0.39, 0.29) is 17.2 Å². The number of hydrogen-bond donors (Lipinski definition) is 2. The summed E-state index contributed by atoms with van der Waals surface area (Å²) in [7, 11) is 1.40. The summed E-state index contributed by atoms with van der Waals surface area (Å²) in [6, 6.07) is 6.99. The number of nitrogens with zero attached hydrogens (tertiary/aromatic N) is 2. The van der Waals surface area contributed by atoms with Crippen molar-refractivity contribution in [1.29, 1.82) is 0 Å². The number of hydrogen-bond acceptors (Lipinski definition) is 7. The van der Waals surface area contributed by atoms with Crippen molar-refractivity contribution in [2.75, 3.05) is 19.0 Å². The Morgan fingerprint density at radius 2 is 2.21 bits per heavy atom. The molecule has 0 aliphatic carbocycles. The summed E-state index contributed by atoms with van der Waals surface area (Å²) in [5, 5.41) is 13.0. The molecule has 2 N–H and O–H groups in total. The molecule has 1 aromatic carbocycles. The standard InChI is InChI=1S/C16H15N3O4S/c1-3-23-9-4-5-10-12(8-9)24-16(18-10)19-15(21)13-14(20)11(22-2)6-7-17-13/h4-8,20H,3H2,1-2H3,(H,18,19,21). The molecular formula is C16H15N3O4S. The number of pyridine rings is 1. The van der Waals surface area contributed by atoms with Gasteiger partial charge in [0.2, 0.25) is 0 Å². The van der Waals surface area contributed by atoms with Gasteiger partial charge in [-0.1, -0.05) is 11.3 Å². The van der Waals surface area contributed by atoms with Gasteiger partial charge in [-0.3, -0.25) is 10.1 Å². The maximum absolute atomic E-state index is 12.3. The largest absolute Gasteiger partial charge is 0.503 e. The lowest BCUT2D eigenvalue weighted by atomic mass is 10.3. The molecule has 3 rings (SSSR count). The van der Waals surface area contributed by atoms with E-state index in [4.69, 9.17) is 9.47 Å². The molecule has 2 aromatic heterocycles. The summed E-state index contributed by atoms with van der Waals surface area (Å²) in [4.78, 5) is 20.5. The number of amides is 1. The van der Waals surface area contributed by atoms with E-state index in [0.717, 1.165) is 16.0 Å². The Hall–Kier alpha value is -2.87. The van der Waals surface area contributed by atoms with E-state index in [2.05, 4.69) is 15.3 Å². The Balaban J connectivity index is 1.85. The second-order valence-corrected chi connectivity index (χ2v) is 5.78. The van der Waals surface area contributed by atoms with Crippen LogP contribution < -0.4 is 14.8 Å². The van der Waals surface area contributed by atoms with Crippen LogP contribution in [0.25, 0.3) is 10.2 Å². The van der Waals surface area contributed by atoms with Gasteiger partial charge >= 0.3 is 0 Å². The maximum Gasteiger partial charge on any atom is 0.280 e. The van der Waals surface area contributed by atoms with Crippen LogP contribution in [0.1, 0.15) is 17.4 Å². The molecule has 0 spiro atoms. The molecule has 0 bridgehead atoms. The van der Waals surface area contributed by atoms with E-state index < -0.39 is 5.91 Å². The second-order valence-electron chi connectivity index (χ2n) is 4.75. The van der Waals surface area contributed by atoms with E-state index in [1.807, 2.05) is 25.1 Å². The first-order valence-electron chi connectivity index (χ1n) is 7.19. The quantitative estimate of drug-likeness (QED) is 0.738.